The first-order valence-corrected chi connectivity index (χ1v) is 10.2. The van der Waals surface area contributed by atoms with Crippen molar-refractivity contribution in [2.45, 2.75) is 50.4 Å². The smallest absolute Gasteiger partial charge is 0.268 e. The van der Waals surface area contributed by atoms with Gasteiger partial charge < -0.3 is 10.7 Å². The maximum atomic E-state index is 14.4. The Morgan fingerprint density at radius 2 is 2.03 bits per heavy atom. The van der Waals surface area contributed by atoms with Gasteiger partial charge in [-0.2, -0.15) is 0 Å². The lowest BCUT2D eigenvalue weighted by molar-refractivity contribution is -0.0465. The number of pyridine rings is 2. The van der Waals surface area contributed by atoms with Crippen LogP contribution < -0.4 is 11.2 Å². The Labute approximate surface area is 176 Å². The van der Waals surface area contributed by atoms with Gasteiger partial charge in [-0.1, -0.05) is 13.0 Å². The molecular weight excluding hydrogens is 407 g/mol. The summed E-state index contributed by atoms with van der Waals surface area (Å²) >= 11 is 0. The van der Waals surface area contributed by atoms with Crippen molar-refractivity contribution in [1.29, 1.82) is 0 Å². The van der Waals surface area contributed by atoms with E-state index in [4.69, 9.17) is 5.73 Å². The molecule has 8 heteroatoms. The summed E-state index contributed by atoms with van der Waals surface area (Å²) in [6, 6.07) is 7.20. The van der Waals surface area contributed by atoms with Gasteiger partial charge in [0.15, 0.2) is 5.43 Å². The average Bonchev–Trinajstić information content (AvgIpc) is 2.72. The molecular formula is C23H22F3N3O2. The van der Waals surface area contributed by atoms with E-state index in [0.29, 0.717) is 17.6 Å². The van der Waals surface area contributed by atoms with E-state index in [9.17, 15) is 22.8 Å². The molecule has 5 nitrogen and oxygen atoms in total. The molecule has 1 aliphatic rings. The van der Waals surface area contributed by atoms with E-state index in [0.717, 1.165) is 11.1 Å². The lowest BCUT2D eigenvalue weighted by Gasteiger charge is -2.37. The highest BCUT2D eigenvalue weighted by Gasteiger charge is 2.43. The summed E-state index contributed by atoms with van der Waals surface area (Å²) in [6.07, 6.45) is 1.40. The number of H-pyrrole nitrogens is 1. The molecule has 0 saturated heterocycles. The minimum atomic E-state index is -2.88. The number of halogens is 3. The third kappa shape index (κ3) is 3.94. The quantitative estimate of drug-likeness (QED) is 0.644. The molecule has 1 unspecified atom stereocenters. The standard InChI is InChI=1S/C23H22F3N3O2/c1-2-12-9-13(24)3-4-14(12)15-5-7-23(25,26)11-16(15)18-10-19(30)20-17(29-18)6-8-28-21(20)22(27)31/h3-4,6,8-10,15-16H,2,5,7,11H2,1H3,(H2,27,31)(H,29,30)/t15?,16-/m0/s1. The molecule has 2 aromatic heterocycles. The number of nitrogens with zero attached hydrogens (tertiary/aromatic N) is 1. The highest BCUT2D eigenvalue weighted by Crippen LogP contribution is 2.50. The molecule has 0 spiro atoms. The molecule has 2 heterocycles. The summed E-state index contributed by atoms with van der Waals surface area (Å²) < 4.78 is 42.6. The summed E-state index contributed by atoms with van der Waals surface area (Å²) in [6.45, 7) is 1.89. The van der Waals surface area contributed by atoms with Gasteiger partial charge in [-0.05, 0) is 48.1 Å². The topological polar surface area (TPSA) is 88.8 Å². The minimum absolute atomic E-state index is 0.0360. The molecule has 1 aliphatic carbocycles. The van der Waals surface area contributed by atoms with Crippen molar-refractivity contribution in [3.05, 3.63) is 75.1 Å². The number of aromatic amines is 1. The zero-order valence-corrected chi connectivity index (χ0v) is 16.9. The molecule has 1 saturated carbocycles. The van der Waals surface area contributed by atoms with Crippen molar-refractivity contribution in [2.24, 2.45) is 5.73 Å². The van der Waals surface area contributed by atoms with Crippen LogP contribution >= 0.6 is 0 Å². The van der Waals surface area contributed by atoms with Gasteiger partial charge in [-0.25, -0.2) is 13.2 Å². The van der Waals surface area contributed by atoms with E-state index in [1.54, 1.807) is 6.07 Å². The summed E-state index contributed by atoms with van der Waals surface area (Å²) in [7, 11) is 0. The van der Waals surface area contributed by atoms with Crippen LogP contribution in [0.2, 0.25) is 0 Å². The molecule has 2 atom stereocenters. The highest BCUT2D eigenvalue weighted by molar-refractivity contribution is 6.03. The Bertz CT molecular complexity index is 1220. The van der Waals surface area contributed by atoms with Gasteiger partial charge >= 0.3 is 0 Å². The fourth-order valence-corrected chi connectivity index (χ4v) is 4.68. The van der Waals surface area contributed by atoms with Gasteiger partial charge in [-0.15, -0.1) is 0 Å². The molecule has 162 valence electrons. The lowest BCUT2D eigenvalue weighted by Crippen LogP contribution is -2.31. The van der Waals surface area contributed by atoms with Crippen molar-refractivity contribution in [3.63, 3.8) is 0 Å². The molecule has 4 rings (SSSR count). The molecule has 31 heavy (non-hydrogen) atoms. The van der Waals surface area contributed by atoms with Gasteiger partial charge in [0.1, 0.15) is 11.5 Å². The van der Waals surface area contributed by atoms with E-state index >= 15 is 0 Å². The molecule has 0 bridgehead atoms. The predicted molar refractivity (Wildman–Crippen MR) is 111 cm³/mol. The average molecular weight is 429 g/mol. The van der Waals surface area contributed by atoms with Crippen LogP contribution in [0, 0.1) is 5.82 Å². The number of alkyl halides is 2. The first kappa shape index (κ1) is 21.1. The van der Waals surface area contributed by atoms with Gasteiger partial charge in [0.05, 0.1) is 10.9 Å². The molecule has 3 N–H and O–H groups in total. The molecule has 0 aliphatic heterocycles. The highest BCUT2D eigenvalue weighted by atomic mass is 19.3. The van der Waals surface area contributed by atoms with Crippen molar-refractivity contribution in [2.75, 3.05) is 0 Å². The third-order valence-electron chi connectivity index (χ3n) is 6.11. The van der Waals surface area contributed by atoms with E-state index in [1.165, 1.54) is 30.5 Å². The molecule has 1 aromatic carbocycles. The lowest BCUT2D eigenvalue weighted by atomic mass is 9.71. The fourth-order valence-electron chi connectivity index (χ4n) is 4.68. The van der Waals surface area contributed by atoms with Gasteiger partial charge in [-0.3, -0.25) is 14.6 Å². The van der Waals surface area contributed by atoms with Gasteiger partial charge in [0.25, 0.3) is 5.91 Å². The van der Waals surface area contributed by atoms with Crippen LogP contribution in [0.1, 0.15) is 65.3 Å². The maximum absolute atomic E-state index is 14.4. The first-order valence-electron chi connectivity index (χ1n) is 10.2. The molecule has 0 radical (unpaired) electrons. The second-order valence-corrected chi connectivity index (χ2v) is 8.04. The number of primary amides is 1. The van der Waals surface area contributed by atoms with Crippen LogP contribution in [0.3, 0.4) is 0 Å². The number of aryl methyl sites for hydroxylation is 1. The molecule has 1 amide bonds. The number of fused-ring (bicyclic) bond motifs is 1. The van der Waals surface area contributed by atoms with Crippen LogP contribution in [-0.2, 0) is 6.42 Å². The third-order valence-corrected chi connectivity index (χ3v) is 6.11. The number of benzene rings is 1. The Morgan fingerprint density at radius 3 is 2.74 bits per heavy atom. The van der Waals surface area contributed by atoms with Crippen LogP contribution in [0.15, 0.2) is 41.3 Å². The fraction of sp³-hybridized carbons (Fsp3) is 0.348. The SMILES string of the molecule is CCc1cc(F)ccc1C1CCC(F)(F)C[C@@H]1c1cc(=O)c2c(C(N)=O)nccc2[nH]1. The number of rotatable bonds is 4. The normalized spacial score (nSPS) is 20.6. The number of amides is 1. The summed E-state index contributed by atoms with van der Waals surface area (Å²) in [4.78, 5) is 31.4. The number of hydrogen-bond donors (Lipinski definition) is 2. The second-order valence-electron chi connectivity index (χ2n) is 8.04. The zero-order valence-electron chi connectivity index (χ0n) is 16.9. The Balaban J connectivity index is 1.87. The van der Waals surface area contributed by atoms with Crippen molar-refractivity contribution in [3.8, 4) is 0 Å². The van der Waals surface area contributed by atoms with E-state index in [-0.39, 0.29) is 35.7 Å². The largest absolute Gasteiger partial charge is 0.364 e. The minimum Gasteiger partial charge on any atom is -0.364 e. The maximum Gasteiger partial charge on any atom is 0.268 e. The van der Waals surface area contributed by atoms with E-state index in [1.807, 2.05) is 6.92 Å². The monoisotopic (exact) mass is 429 g/mol. The van der Waals surface area contributed by atoms with E-state index in [2.05, 4.69) is 9.97 Å². The van der Waals surface area contributed by atoms with Crippen molar-refractivity contribution in [1.82, 2.24) is 9.97 Å². The van der Waals surface area contributed by atoms with Crippen molar-refractivity contribution >= 4 is 16.8 Å². The molecule has 1 fully saturated rings. The van der Waals surface area contributed by atoms with E-state index < -0.39 is 29.6 Å². The van der Waals surface area contributed by atoms with Crippen LogP contribution in [0.25, 0.3) is 10.9 Å². The van der Waals surface area contributed by atoms with Gasteiger partial charge in [0.2, 0.25) is 5.92 Å². The summed E-state index contributed by atoms with van der Waals surface area (Å²) in [5.41, 5.74) is 6.91. The van der Waals surface area contributed by atoms with Crippen LogP contribution in [-0.4, -0.2) is 21.8 Å². The zero-order chi connectivity index (χ0) is 22.3. The Morgan fingerprint density at radius 1 is 1.26 bits per heavy atom. The Kier molecular flexibility index (Phi) is 5.33. The predicted octanol–water partition coefficient (Wildman–Crippen LogP) is 4.41. The summed E-state index contributed by atoms with van der Waals surface area (Å²) in [5, 5.41) is 0.0360. The Hall–Kier alpha value is -3.16. The first-order chi connectivity index (χ1) is 14.7. The van der Waals surface area contributed by atoms with Gasteiger partial charge in [0, 0.05) is 36.7 Å². The number of nitrogens with two attached hydrogens (primary N) is 1. The molecule has 3 aromatic rings. The number of carbonyl (C=O) groups excluding carboxylic acids is 1. The summed E-state index contributed by atoms with van der Waals surface area (Å²) in [5.74, 6) is -5.08. The van der Waals surface area contributed by atoms with Crippen LogP contribution in [0.4, 0.5) is 13.2 Å². The number of nitrogens with one attached hydrogen (secondary N) is 1. The number of carbonyl (C=O) groups is 1. The van der Waals surface area contributed by atoms with Crippen molar-refractivity contribution < 1.29 is 18.0 Å². The number of aromatic nitrogens is 2. The second kappa shape index (κ2) is 7.83. The van der Waals surface area contributed by atoms with Crippen LogP contribution in [0.5, 0.6) is 0 Å². The number of hydrogen-bond acceptors (Lipinski definition) is 3.